The SMILES string of the molecule is Cc1[nH]nc(C(=O)NCCCCO)c1N. The highest BCUT2D eigenvalue weighted by molar-refractivity contribution is 5.97. The number of H-pyrrole nitrogens is 1. The maximum atomic E-state index is 11.5. The van der Waals surface area contributed by atoms with E-state index in [0.717, 1.165) is 6.42 Å². The number of hydrogen-bond donors (Lipinski definition) is 4. The van der Waals surface area contributed by atoms with Crippen molar-refractivity contribution in [1.82, 2.24) is 15.5 Å². The maximum Gasteiger partial charge on any atom is 0.273 e. The summed E-state index contributed by atoms with van der Waals surface area (Å²) >= 11 is 0. The summed E-state index contributed by atoms with van der Waals surface area (Å²) in [5, 5.41) is 17.7. The summed E-state index contributed by atoms with van der Waals surface area (Å²) in [7, 11) is 0. The van der Waals surface area contributed by atoms with Gasteiger partial charge in [-0.3, -0.25) is 9.89 Å². The summed E-state index contributed by atoms with van der Waals surface area (Å²) in [6.45, 7) is 2.41. The molecule has 1 heterocycles. The zero-order chi connectivity index (χ0) is 11.3. The second kappa shape index (κ2) is 5.35. The third-order valence-corrected chi connectivity index (χ3v) is 2.08. The van der Waals surface area contributed by atoms with Gasteiger partial charge in [0.1, 0.15) is 0 Å². The van der Waals surface area contributed by atoms with Crippen LogP contribution in [0.1, 0.15) is 29.0 Å². The third-order valence-electron chi connectivity index (χ3n) is 2.08. The number of nitrogen functional groups attached to an aromatic ring is 1. The van der Waals surface area contributed by atoms with Gasteiger partial charge in [-0.25, -0.2) is 0 Å². The number of aliphatic hydroxyl groups is 1. The van der Waals surface area contributed by atoms with E-state index in [0.29, 0.717) is 24.3 Å². The topological polar surface area (TPSA) is 104 Å². The Kier molecular flexibility index (Phi) is 4.11. The quantitative estimate of drug-likeness (QED) is 0.507. The van der Waals surface area contributed by atoms with Crippen molar-refractivity contribution in [3.63, 3.8) is 0 Å². The van der Waals surface area contributed by atoms with Crippen LogP contribution in [0.25, 0.3) is 0 Å². The number of carbonyl (C=O) groups excluding carboxylic acids is 1. The summed E-state index contributed by atoms with van der Waals surface area (Å²) in [4.78, 5) is 11.5. The molecule has 0 saturated heterocycles. The highest BCUT2D eigenvalue weighted by Gasteiger charge is 2.14. The predicted molar refractivity (Wildman–Crippen MR) is 56.4 cm³/mol. The monoisotopic (exact) mass is 212 g/mol. The number of unbranched alkanes of at least 4 members (excludes halogenated alkanes) is 1. The average Bonchev–Trinajstić information content (AvgIpc) is 2.55. The zero-order valence-corrected chi connectivity index (χ0v) is 8.71. The summed E-state index contributed by atoms with van der Waals surface area (Å²) in [5.41, 5.74) is 6.95. The number of aromatic nitrogens is 2. The lowest BCUT2D eigenvalue weighted by Crippen LogP contribution is -2.25. The Morgan fingerprint density at radius 2 is 2.33 bits per heavy atom. The van der Waals surface area contributed by atoms with Gasteiger partial charge in [0.25, 0.3) is 5.91 Å². The maximum absolute atomic E-state index is 11.5. The van der Waals surface area contributed by atoms with E-state index in [4.69, 9.17) is 10.8 Å². The molecule has 0 aliphatic heterocycles. The second-order valence-electron chi connectivity index (χ2n) is 3.30. The van der Waals surface area contributed by atoms with Gasteiger partial charge in [0.15, 0.2) is 5.69 Å². The van der Waals surface area contributed by atoms with Crippen molar-refractivity contribution >= 4 is 11.6 Å². The molecule has 15 heavy (non-hydrogen) atoms. The van der Waals surface area contributed by atoms with E-state index < -0.39 is 0 Å². The molecule has 0 atom stereocenters. The molecule has 6 nitrogen and oxygen atoms in total. The Morgan fingerprint density at radius 1 is 1.60 bits per heavy atom. The smallest absolute Gasteiger partial charge is 0.273 e. The molecular weight excluding hydrogens is 196 g/mol. The molecule has 0 fully saturated rings. The minimum Gasteiger partial charge on any atom is -0.396 e. The van der Waals surface area contributed by atoms with Gasteiger partial charge in [0.2, 0.25) is 0 Å². The molecule has 1 amide bonds. The molecular formula is C9H16N4O2. The largest absolute Gasteiger partial charge is 0.396 e. The summed E-state index contributed by atoms with van der Waals surface area (Å²) in [5.74, 6) is -0.283. The molecule has 0 spiro atoms. The number of amides is 1. The van der Waals surface area contributed by atoms with Crippen LogP contribution in [0, 0.1) is 6.92 Å². The van der Waals surface area contributed by atoms with Gasteiger partial charge in [-0.2, -0.15) is 5.10 Å². The molecule has 0 radical (unpaired) electrons. The van der Waals surface area contributed by atoms with Gasteiger partial charge >= 0.3 is 0 Å². The van der Waals surface area contributed by atoms with Crippen LogP contribution in [0.3, 0.4) is 0 Å². The first-order chi connectivity index (χ1) is 7.16. The summed E-state index contributed by atoms with van der Waals surface area (Å²) in [6, 6.07) is 0. The standard InChI is InChI=1S/C9H16N4O2/c1-6-7(10)8(13-12-6)9(15)11-4-2-3-5-14/h14H,2-5,10H2,1H3,(H,11,15)(H,12,13). The van der Waals surface area contributed by atoms with Crippen LogP contribution in [-0.2, 0) is 0 Å². The lowest BCUT2D eigenvalue weighted by molar-refractivity contribution is 0.0948. The summed E-state index contributed by atoms with van der Waals surface area (Å²) < 4.78 is 0. The number of aliphatic hydroxyl groups excluding tert-OH is 1. The fraction of sp³-hybridized carbons (Fsp3) is 0.556. The molecule has 6 heteroatoms. The normalized spacial score (nSPS) is 10.3. The highest BCUT2D eigenvalue weighted by atomic mass is 16.2. The number of rotatable bonds is 5. The number of nitrogens with one attached hydrogen (secondary N) is 2. The molecule has 1 aromatic heterocycles. The Morgan fingerprint density at radius 3 is 2.87 bits per heavy atom. The van der Waals surface area contributed by atoms with E-state index in [1.165, 1.54) is 0 Å². The fourth-order valence-electron chi connectivity index (χ4n) is 1.13. The Hall–Kier alpha value is -1.56. The van der Waals surface area contributed by atoms with Crippen LogP contribution in [0.5, 0.6) is 0 Å². The molecule has 1 aromatic rings. The Labute approximate surface area is 87.9 Å². The third kappa shape index (κ3) is 2.95. The van der Waals surface area contributed by atoms with Crippen molar-refractivity contribution < 1.29 is 9.90 Å². The number of anilines is 1. The molecule has 0 aliphatic carbocycles. The van der Waals surface area contributed by atoms with Crippen LogP contribution >= 0.6 is 0 Å². The van der Waals surface area contributed by atoms with Crippen LogP contribution in [0.2, 0.25) is 0 Å². The molecule has 5 N–H and O–H groups in total. The van der Waals surface area contributed by atoms with Gasteiger partial charge in [-0.15, -0.1) is 0 Å². The first-order valence-electron chi connectivity index (χ1n) is 4.86. The van der Waals surface area contributed by atoms with Crippen molar-refractivity contribution in [1.29, 1.82) is 0 Å². The van der Waals surface area contributed by atoms with Crippen molar-refractivity contribution in [3.8, 4) is 0 Å². The summed E-state index contributed by atoms with van der Waals surface area (Å²) in [6.07, 6.45) is 1.42. The van der Waals surface area contributed by atoms with Crippen molar-refractivity contribution in [3.05, 3.63) is 11.4 Å². The number of hydrogen-bond acceptors (Lipinski definition) is 4. The number of nitrogens with zero attached hydrogens (tertiary/aromatic N) is 1. The van der Waals surface area contributed by atoms with Crippen LogP contribution in [0.15, 0.2) is 0 Å². The van der Waals surface area contributed by atoms with Crippen molar-refractivity contribution in [2.75, 3.05) is 18.9 Å². The van der Waals surface area contributed by atoms with Crippen molar-refractivity contribution in [2.24, 2.45) is 0 Å². The Bertz CT molecular complexity index is 335. The van der Waals surface area contributed by atoms with E-state index in [1.54, 1.807) is 6.92 Å². The second-order valence-corrected chi connectivity index (χ2v) is 3.30. The average molecular weight is 212 g/mol. The predicted octanol–water partition coefficient (Wildman–Crippen LogP) is -0.197. The Balaban J connectivity index is 2.44. The number of nitrogens with two attached hydrogens (primary N) is 1. The number of aromatic amines is 1. The highest BCUT2D eigenvalue weighted by Crippen LogP contribution is 2.11. The minimum atomic E-state index is -0.283. The lowest BCUT2D eigenvalue weighted by Gasteiger charge is -2.02. The van der Waals surface area contributed by atoms with Crippen LogP contribution in [0.4, 0.5) is 5.69 Å². The van der Waals surface area contributed by atoms with Gasteiger partial charge in [-0.1, -0.05) is 0 Å². The fourth-order valence-corrected chi connectivity index (χ4v) is 1.13. The molecule has 0 saturated carbocycles. The van der Waals surface area contributed by atoms with Gasteiger partial charge in [0, 0.05) is 13.2 Å². The molecule has 1 rings (SSSR count). The molecule has 0 aliphatic rings. The van der Waals surface area contributed by atoms with Gasteiger partial charge in [-0.05, 0) is 19.8 Å². The minimum absolute atomic E-state index is 0.138. The number of carbonyl (C=O) groups is 1. The molecule has 84 valence electrons. The first-order valence-corrected chi connectivity index (χ1v) is 4.86. The van der Waals surface area contributed by atoms with E-state index in [9.17, 15) is 4.79 Å². The first kappa shape index (κ1) is 11.5. The number of aryl methyl sites for hydroxylation is 1. The molecule has 0 aromatic carbocycles. The lowest BCUT2D eigenvalue weighted by atomic mass is 10.3. The van der Waals surface area contributed by atoms with E-state index in [2.05, 4.69) is 15.5 Å². The van der Waals surface area contributed by atoms with E-state index in [1.807, 2.05) is 0 Å². The van der Waals surface area contributed by atoms with Crippen LogP contribution in [-0.4, -0.2) is 34.4 Å². The van der Waals surface area contributed by atoms with Gasteiger partial charge < -0.3 is 16.2 Å². The van der Waals surface area contributed by atoms with E-state index >= 15 is 0 Å². The van der Waals surface area contributed by atoms with Gasteiger partial charge in [0.05, 0.1) is 11.4 Å². The molecule has 0 bridgehead atoms. The van der Waals surface area contributed by atoms with E-state index in [-0.39, 0.29) is 18.2 Å². The molecule has 0 unspecified atom stereocenters. The van der Waals surface area contributed by atoms with Crippen LogP contribution < -0.4 is 11.1 Å². The van der Waals surface area contributed by atoms with Crippen molar-refractivity contribution in [2.45, 2.75) is 19.8 Å². The zero-order valence-electron chi connectivity index (χ0n) is 8.71.